The van der Waals surface area contributed by atoms with Crippen molar-refractivity contribution >= 4 is 40.1 Å². The number of carbonyl (C=O) groups is 2. The van der Waals surface area contributed by atoms with Gasteiger partial charge in [0.2, 0.25) is 5.13 Å². The zero-order valence-corrected chi connectivity index (χ0v) is 19.9. The summed E-state index contributed by atoms with van der Waals surface area (Å²) in [6.07, 6.45) is 4.16. The molecule has 0 unspecified atom stereocenters. The van der Waals surface area contributed by atoms with Crippen LogP contribution in [0.4, 0.5) is 5.13 Å². The summed E-state index contributed by atoms with van der Waals surface area (Å²) in [6, 6.07) is 18.1. The fourth-order valence-corrected chi connectivity index (χ4v) is 5.90. The first-order valence-corrected chi connectivity index (χ1v) is 13.1. The Balaban J connectivity index is 1.38. The standard InChI is InChI=1S/C25H27N3O3S2/c29-23(30)14-18-6-8-20(9-7-18)21-10-12-22(13-11-21)24(31)28(25-27-26-16-33-25)17-32-15-19-4-2-1-3-5-19/h1-5,10-13,16,18,20H,6-9,14-15,17H2,(H,29,30). The van der Waals surface area contributed by atoms with Crippen molar-refractivity contribution in [2.75, 3.05) is 10.8 Å². The number of nitrogens with zero attached hydrogens (tertiary/aromatic N) is 3. The van der Waals surface area contributed by atoms with E-state index in [-0.39, 0.29) is 18.2 Å². The molecule has 1 aromatic heterocycles. The Labute approximate surface area is 202 Å². The van der Waals surface area contributed by atoms with Gasteiger partial charge in [0.1, 0.15) is 5.51 Å². The van der Waals surface area contributed by atoms with Crippen LogP contribution in [0.15, 0.2) is 60.1 Å². The number of rotatable bonds is 9. The van der Waals surface area contributed by atoms with Gasteiger partial charge in [0.25, 0.3) is 5.91 Å². The average Bonchev–Trinajstić information content (AvgIpc) is 3.37. The van der Waals surface area contributed by atoms with E-state index in [1.54, 1.807) is 22.2 Å². The maximum atomic E-state index is 13.3. The van der Waals surface area contributed by atoms with Crippen LogP contribution in [-0.4, -0.2) is 33.1 Å². The SMILES string of the molecule is O=C(O)CC1CCC(c2ccc(C(=O)N(CSCc3ccccc3)c3nncs3)cc2)CC1. The van der Waals surface area contributed by atoms with Crippen LogP contribution in [-0.2, 0) is 10.5 Å². The molecular formula is C25H27N3O3S2. The predicted octanol–water partition coefficient (Wildman–Crippen LogP) is 5.82. The number of carboxylic acids is 1. The largest absolute Gasteiger partial charge is 0.481 e. The number of aromatic nitrogens is 2. The second-order valence-electron chi connectivity index (χ2n) is 8.36. The van der Waals surface area contributed by atoms with Gasteiger partial charge in [0.05, 0.1) is 5.88 Å². The molecule has 0 saturated heterocycles. The number of carbonyl (C=O) groups excluding carboxylic acids is 1. The predicted molar refractivity (Wildman–Crippen MR) is 133 cm³/mol. The van der Waals surface area contributed by atoms with E-state index >= 15 is 0 Å². The Kier molecular flexibility index (Phi) is 8.12. The summed E-state index contributed by atoms with van der Waals surface area (Å²) in [5.41, 5.74) is 4.71. The number of benzene rings is 2. The van der Waals surface area contributed by atoms with Crippen LogP contribution in [0, 0.1) is 5.92 Å². The van der Waals surface area contributed by atoms with Crippen molar-refractivity contribution in [3.63, 3.8) is 0 Å². The van der Waals surface area contributed by atoms with Crippen LogP contribution in [0.1, 0.15) is 59.5 Å². The highest BCUT2D eigenvalue weighted by Crippen LogP contribution is 2.37. The quantitative estimate of drug-likeness (QED) is 0.388. The van der Waals surface area contributed by atoms with E-state index in [4.69, 9.17) is 5.11 Å². The van der Waals surface area contributed by atoms with Crippen molar-refractivity contribution in [3.05, 3.63) is 76.8 Å². The first-order valence-electron chi connectivity index (χ1n) is 11.1. The minimum absolute atomic E-state index is 0.0796. The molecule has 1 heterocycles. The molecule has 0 atom stereocenters. The van der Waals surface area contributed by atoms with Gasteiger partial charge in [-0.2, -0.15) is 0 Å². The molecule has 0 spiro atoms. The molecule has 33 heavy (non-hydrogen) atoms. The van der Waals surface area contributed by atoms with E-state index in [9.17, 15) is 9.59 Å². The molecule has 8 heteroatoms. The first-order chi connectivity index (χ1) is 16.1. The zero-order chi connectivity index (χ0) is 23.0. The zero-order valence-electron chi connectivity index (χ0n) is 18.3. The van der Waals surface area contributed by atoms with E-state index in [1.807, 2.05) is 42.5 Å². The van der Waals surface area contributed by atoms with Gasteiger partial charge >= 0.3 is 5.97 Å². The van der Waals surface area contributed by atoms with Crippen LogP contribution < -0.4 is 4.90 Å². The molecule has 1 aliphatic carbocycles. The van der Waals surface area contributed by atoms with Crippen LogP contribution in [0.3, 0.4) is 0 Å². The minimum Gasteiger partial charge on any atom is -0.481 e. The third-order valence-corrected chi connectivity index (χ3v) is 7.79. The summed E-state index contributed by atoms with van der Waals surface area (Å²) in [4.78, 5) is 26.0. The molecule has 0 radical (unpaired) electrons. The summed E-state index contributed by atoms with van der Waals surface area (Å²) in [5.74, 6) is 1.24. The van der Waals surface area contributed by atoms with Gasteiger partial charge in [-0.15, -0.1) is 22.0 Å². The lowest BCUT2D eigenvalue weighted by atomic mass is 9.77. The fraction of sp³-hybridized carbons (Fsp3) is 0.360. The molecule has 1 N–H and O–H groups in total. The Morgan fingerprint density at radius 1 is 1.03 bits per heavy atom. The van der Waals surface area contributed by atoms with Crippen molar-refractivity contribution in [1.29, 1.82) is 0 Å². The summed E-state index contributed by atoms with van der Waals surface area (Å²) in [7, 11) is 0. The van der Waals surface area contributed by atoms with Gasteiger partial charge in [-0.3, -0.25) is 14.5 Å². The molecule has 4 rings (SSSR count). The Morgan fingerprint density at radius 2 is 1.76 bits per heavy atom. The van der Waals surface area contributed by atoms with Crippen molar-refractivity contribution in [1.82, 2.24) is 10.2 Å². The summed E-state index contributed by atoms with van der Waals surface area (Å²) >= 11 is 3.03. The van der Waals surface area contributed by atoms with E-state index < -0.39 is 5.97 Å². The van der Waals surface area contributed by atoms with Crippen molar-refractivity contribution in [2.24, 2.45) is 5.92 Å². The molecule has 2 aromatic carbocycles. The molecule has 0 aliphatic heterocycles. The van der Waals surface area contributed by atoms with E-state index in [1.165, 1.54) is 22.5 Å². The van der Waals surface area contributed by atoms with Gasteiger partial charge in [-0.05, 0) is 60.8 Å². The van der Waals surface area contributed by atoms with E-state index in [2.05, 4.69) is 22.3 Å². The second kappa shape index (κ2) is 11.4. The molecule has 3 aromatic rings. The Bertz CT molecular complexity index is 1030. The first kappa shape index (κ1) is 23.4. The number of anilines is 1. The topological polar surface area (TPSA) is 83.4 Å². The highest BCUT2D eigenvalue weighted by atomic mass is 32.2. The van der Waals surface area contributed by atoms with Crippen molar-refractivity contribution in [3.8, 4) is 0 Å². The van der Waals surface area contributed by atoms with Gasteiger partial charge in [-0.1, -0.05) is 53.8 Å². The van der Waals surface area contributed by atoms with E-state index in [0.29, 0.717) is 22.5 Å². The Morgan fingerprint density at radius 3 is 2.39 bits per heavy atom. The maximum absolute atomic E-state index is 13.3. The number of carboxylic acid groups (broad SMARTS) is 1. The van der Waals surface area contributed by atoms with Crippen LogP contribution in [0.25, 0.3) is 0 Å². The average molecular weight is 482 g/mol. The van der Waals surface area contributed by atoms with Gasteiger partial charge in [0.15, 0.2) is 0 Å². The van der Waals surface area contributed by atoms with Gasteiger partial charge in [0, 0.05) is 17.7 Å². The molecule has 1 amide bonds. The minimum atomic E-state index is -0.705. The number of hydrogen-bond donors (Lipinski definition) is 1. The van der Waals surface area contributed by atoms with E-state index in [0.717, 1.165) is 31.4 Å². The maximum Gasteiger partial charge on any atom is 0.303 e. The van der Waals surface area contributed by atoms with Gasteiger partial charge < -0.3 is 5.11 Å². The highest BCUT2D eigenvalue weighted by Gasteiger charge is 2.25. The normalized spacial score (nSPS) is 18.1. The lowest BCUT2D eigenvalue weighted by molar-refractivity contribution is -0.138. The molecule has 1 fully saturated rings. The summed E-state index contributed by atoms with van der Waals surface area (Å²) in [5, 5.41) is 17.6. The monoisotopic (exact) mass is 481 g/mol. The molecular weight excluding hydrogens is 454 g/mol. The van der Waals surface area contributed by atoms with Crippen molar-refractivity contribution in [2.45, 2.75) is 43.8 Å². The van der Waals surface area contributed by atoms with Crippen LogP contribution in [0.2, 0.25) is 0 Å². The molecule has 0 bridgehead atoms. The van der Waals surface area contributed by atoms with Gasteiger partial charge in [-0.25, -0.2) is 0 Å². The van der Waals surface area contributed by atoms with Crippen molar-refractivity contribution < 1.29 is 14.7 Å². The fourth-order valence-electron chi connectivity index (χ4n) is 4.32. The number of amides is 1. The molecule has 1 aliphatic rings. The third kappa shape index (κ3) is 6.42. The number of aliphatic carboxylic acids is 1. The summed E-state index contributed by atoms with van der Waals surface area (Å²) in [6.45, 7) is 0. The smallest absolute Gasteiger partial charge is 0.303 e. The number of thioether (sulfide) groups is 1. The lowest BCUT2D eigenvalue weighted by Crippen LogP contribution is -2.30. The van der Waals surface area contributed by atoms with Crippen LogP contribution in [0.5, 0.6) is 0 Å². The number of hydrogen-bond acceptors (Lipinski definition) is 6. The Hall–Kier alpha value is -2.71. The molecule has 172 valence electrons. The third-order valence-electron chi connectivity index (χ3n) is 6.10. The lowest BCUT2D eigenvalue weighted by Gasteiger charge is -2.28. The molecule has 1 saturated carbocycles. The summed E-state index contributed by atoms with van der Waals surface area (Å²) < 4.78 is 0. The van der Waals surface area contributed by atoms with Crippen LogP contribution >= 0.6 is 23.1 Å². The molecule has 6 nitrogen and oxygen atoms in total. The second-order valence-corrected chi connectivity index (χ2v) is 10.1. The highest BCUT2D eigenvalue weighted by molar-refractivity contribution is 7.98.